The summed E-state index contributed by atoms with van der Waals surface area (Å²) in [4.78, 5) is 7.90. The third-order valence-electron chi connectivity index (χ3n) is 1.18. The smallest absolute Gasteiger partial charge is 0.130 e. The van der Waals surface area contributed by atoms with Crippen molar-refractivity contribution in [2.45, 2.75) is 6.92 Å². The van der Waals surface area contributed by atoms with Crippen LogP contribution in [0.15, 0.2) is 12.4 Å². The molecule has 0 radical (unpaired) electrons. The van der Waals surface area contributed by atoms with Crippen molar-refractivity contribution in [3.05, 3.63) is 18.1 Å². The fourth-order valence-electron chi connectivity index (χ4n) is 0.693. The maximum atomic E-state index is 5.06. The number of nitrogens with zero attached hydrogens (tertiary/aromatic N) is 2. The first-order chi connectivity index (χ1) is 5.33. The molecule has 1 rings (SSSR count). The summed E-state index contributed by atoms with van der Waals surface area (Å²) in [5, 5.41) is 2.95. The predicted octanol–water partition coefficient (Wildman–Crippen LogP) is 0.830. The number of rotatable bonds is 2. The van der Waals surface area contributed by atoms with Gasteiger partial charge in [0.1, 0.15) is 12.1 Å². The molecule has 0 atom stereocenters. The topological polar surface area (TPSA) is 37.8 Å². The number of hydrogen-bond acceptors (Lipinski definition) is 3. The van der Waals surface area contributed by atoms with Gasteiger partial charge in [0.2, 0.25) is 0 Å². The molecule has 0 saturated carbocycles. The van der Waals surface area contributed by atoms with Crippen LogP contribution in [0.4, 0.5) is 5.82 Å². The SMILES string of the molecule is C#CCNc1cc(C)ncn1. The quantitative estimate of drug-likeness (QED) is 0.629. The molecule has 0 aliphatic rings. The third kappa shape index (κ3) is 2.26. The van der Waals surface area contributed by atoms with E-state index >= 15 is 0 Å². The molecule has 1 aromatic heterocycles. The van der Waals surface area contributed by atoms with E-state index in [1.54, 1.807) is 0 Å². The van der Waals surface area contributed by atoms with Gasteiger partial charge in [0.05, 0.1) is 6.54 Å². The molecule has 0 bridgehead atoms. The number of hydrogen-bond donors (Lipinski definition) is 1. The summed E-state index contributed by atoms with van der Waals surface area (Å²) < 4.78 is 0. The van der Waals surface area contributed by atoms with Crippen molar-refractivity contribution in [2.24, 2.45) is 0 Å². The molecule has 0 aliphatic carbocycles. The van der Waals surface area contributed by atoms with Crippen molar-refractivity contribution in [1.82, 2.24) is 9.97 Å². The van der Waals surface area contributed by atoms with Crippen LogP contribution in [-0.2, 0) is 0 Å². The Morgan fingerprint density at radius 2 is 2.45 bits per heavy atom. The number of nitrogens with one attached hydrogen (secondary N) is 1. The highest BCUT2D eigenvalue weighted by atomic mass is 15.0. The van der Waals surface area contributed by atoms with Crippen molar-refractivity contribution in [3.8, 4) is 12.3 Å². The van der Waals surface area contributed by atoms with Crippen molar-refractivity contribution < 1.29 is 0 Å². The van der Waals surface area contributed by atoms with Crippen molar-refractivity contribution in [3.63, 3.8) is 0 Å². The Hall–Kier alpha value is -1.56. The highest BCUT2D eigenvalue weighted by molar-refractivity contribution is 5.35. The molecule has 0 amide bonds. The van der Waals surface area contributed by atoms with Gasteiger partial charge in [-0.3, -0.25) is 0 Å². The zero-order valence-electron chi connectivity index (χ0n) is 6.33. The summed E-state index contributed by atoms with van der Waals surface area (Å²) in [6.45, 7) is 2.40. The minimum Gasteiger partial charge on any atom is -0.359 e. The summed E-state index contributed by atoms with van der Waals surface area (Å²) in [5.41, 5.74) is 0.930. The lowest BCUT2D eigenvalue weighted by Gasteiger charge is -1.99. The molecule has 0 spiro atoms. The van der Waals surface area contributed by atoms with Crippen LogP contribution >= 0.6 is 0 Å². The molecule has 0 unspecified atom stereocenters. The second-order valence-corrected chi connectivity index (χ2v) is 2.10. The van der Waals surface area contributed by atoms with Gasteiger partial charge in [-0.15, -0.1) is 6.42 Å². The predicted molar refractivity (Wildman–Crippen MR) is 44.1 cm³/mol. The zero-order valence-corrected chi connectivity index (χ0v) is 6.33. The van der Waals surface area contributed by atoms with Gasteiger partial charge in [0.15, 0.2) is 0 Å². The molecule has 1 heterocycles. The number of terminal acetylenes is 1. The Balaban J connectivity index is 2.65. The van der Waals surface area contributed by atoms with Crippen LogP contribution in [0.25, 0.3) is 0 Å². The highest BCUT2D eigenvalue weighted by Crippen LogP contribution is 2.00. The fourth-order valence-corrected chi connectivity index (χ4v) is 0.693. The van der Waals surface area contributed by atoms with E-state index in [0.717, 1.165) is 11.5 Å². The van der Waals surface area contributed by atoms with Gasteiger partial charge in [0, 0.05) is 11.8 Å². The largest absolute Gasteiger partial charge is 0.359 e. The van der Waals surface area contributed by atoms with Crippen LogP contribution in [0.2, 0.25) is 0 Å². The molecule has 11 heavy (non-hydrogen) atoms. The van der Waals surface area contributed by atoms with Gasteiger partial charge < -0.3 is 5.32 Å². The number of anilines is 1. The maximum absolute atomic E-state index is 5.06. The van der Waals surface area contributed by atoms with Crippen molar-refractivity contribution in [1.29, 1.82) is 0 Å². The average molecular weight is 147 g/mol. The molecule has 1 N–H and O–H groups in total. The van der Waals surface area contributed by atoms with E-state index in [1.165, 1.54) is 6.33 Å². The summed E-state index contributed by atoms with van der Waals surface area (Å²) in [6.07, 6.45) is 6.57. The lowest BCUT2D eigenvalue weighted by atomic mass is 10.4. The first kappa shape index (κ1) is 7.55. The van der Waals surface area contributed by atoms with Gasteiger partial charge >= 0.3 is 0 Å². The molecule has 56 valence electrons. The molecular weight excluding hydrogens is 138 g/mol. The summed E-state index contributed by atoms with van der Waals surface area (Å²) in [5.74, 6) is 3.24. The Labute approximate surface area is 65.9 Å². The Morgan fingerprint density at radius 3 is 3.09 bits per heavy atom. The second-order valence-electron chi connectivity index (χ2n) is 2.10. The molecule has 1 aromatic rings. The summed E-state index contributed by atoms with van der Waals surface area (Å²) in [7, 11) is 0. The van der Waals surface area contributed by atoms with E-state index in [2.05, 4.69) is 21.2 Å². The van der Waals surface area contributed by atoms with Crippen LogP contribution in [0, 0.1) is 19.3 Å². The molecule has 0 aromatic carbocycles. The minimum atomic E-state index is 0.496. The zero-order chi connectivity index (χ0) is 8.10. The highest BCUT2D eigenvalue weighted by Gasteiger charge is 1.90. The molecule has 3 nitrogen and oxygen atoms in total. The van der Waals surface area contributed by atoms with E-state index in [-0.39, 0.29) is 0 Å². The Morgan fingerprint density at radius 1 is 1.64 bits per heavy atom. The average Bonchev–Trinajstić information content (AvgIpc) is 2.01. The van der Waals surface area contributed by atoms with E-state index in [1.807, 2.05) is 13.0 Å². The van der Waals surface area contributed by atoms with E-state index in [0.29, 0.717) is 6.54 Å². The van der Waals surface area contributed by atoms with Gasteiger partial charge in [-0.1, -0.05) is 5.92 Å². The molecular formula is C8H9N3. The van der Waals surface area contributed by atoms with E-state index < -0.39 is 0 Å². The van der Waals surface area contributed by atoms with Crippen molar-refractivity contribution in [2.75, 3.05) is 11.9 Å². The molecule has 0 saturated heterocycles. The lowest BCUT2D eigenvalue weighted by molar-refractivity contribution is 1.09. The third-order valence-corrected chi connectivity index (χ3v) is 1.18. The normalized spacial score (nSPS) is 8.73. The van der Waals surface area contributed by atoms with Crippen LogP contribution in [0.1, 0.15) is 5.69 Å². The van der Waals surface area contributed by atoms with E-state index in [4.69, 9.17) is 6.42 Å². The molecule has 0 fully saturated rings. The standard InChI is InChI=1S/C8H9N3/c1-3-4-9-8-5-7(2)10-6-11-8/h1,5-6H,4H2,2H3,(H,9,10,11). The van der Waals surface area contributed by atoms with Gasteiger partial charge in [-0.25, -0.2) is 9.97 Å². The number of aromatic nitrogens is 2. The first-order valence-electron chi connectivity index (χ1n) is 3.29. The van der Waals surface area contributed by atoms with E-state index in [9.17, 15) is 0 Å². The summed E-state index contributed by atoms with van der Waals surface area (Å²) >= 11 is 0. The van der Waals surface area contributed by atoms with Crippen LogP contribution < -0.4 is 5.32 Å². The second kappa shape index (κ2) is 3.57. The van der Waals surface area contributed by atoms with Gasteiger partial charge in [-0.2, -0.15) is 0 Å². The van der Waals surface area contributed by atoms with Gasteiger partial charge in [0.25, 0.3) is 0 Å². The van der Waals surface area contributed by atoms with Crippen LogP contribution in [0.3, 0.4) is 0 Å². The Bertz CT molecular complexity index is 275. The molecule has 0 aliphatic heterocycles. The Kier molecular flexibility index (Phi) is 2.45. The fraction of sp³-hybridized carbons (Fsp3) is 0.250. The first-order valence-corrected chi connectivity index (χ1v) is 3.29. The molecule has 3 heteroatoms. The minimum absolute atomic E-state index is 0.496. The monoisotopic (exact) mass is 147 g/mol. The van der Waals surface area contributed by atoms with Crippen LogP contribution in [-0.4, -0.2) is 16.5 Å². The maximum Gasteiger partial charge on any atom is 0.130 e. The number of aryl methyl sites for hydroxylation is 1. The van der Waals surface area contributed by atoms with Crippen molar-refractivity contribution >= 4 is 5.82 Å². The van der Waals surface area contributed by atoms with Crippen LogP contribution in [0.5, 0.6) is 0 Å². The van der Waals surface area contributed by atoms with Gasteiger partial charge in [-0.05, 0) is 6.92 Å². The summed E-state index contributed by atoms with van der Waals surface area (Å²) in [6, 6.07) is 1.84. The lowest BCUT2D eigenvalue weighted by Crippen LogP contribution is -2.01.